The standard InChI is InChI=1S/C13H15N3O2/c1-13(2)6-10(17)9(11(18)7-13)8-16-12-14-4-3-5-15-12/h3-5,8,17H,6-7H2,1-2H3. The van der Waals surface area contributed by atoms with E-state index in [2.05, 4.69) is 15.0 Å². The van der Waals surface area contributed by atoms with Gasteiger partial charge >= 0.3 is 0 Å². The van der Waals surface area contributed by atoms with Crippen molar-refractivity contribution in [2.45, 2.75) is 26.7 Å². The van der Waals surface area contributed by atoms with Gasteiger partial charge < -0.3 is 5.11 Å². The summed E-state index contributed by atoms with van der Waals surface area (Å²) >= 11 is 0. The molecule has 18 heavy (non-hydrogen) atoms. The van der Waals surface area contributed by atoms with Crippen LogP contribution < -0.4 is 0 Å². The smallest absolute Gasteiger partial charge is 0.249 e. The topological polar surface area (TPSA) is 75.4 Å². The lowest BCUT2D eigenvalue weighted by atomic mass is 9.77. The SMILES string of the molecule is CC1(C)CC(=O)C(C=Nc2ncccn2)=C(O)C1. The molecule has 0 spiro atoms. The highest BCUT2D eigenvalue weighted by Gasteiger charge is 2.32. The normalized spacial score (nSPS) is 19.6. The number of aliphatic imine (C=N–C) groups is 1. The van der Waals surface area contributed by atoms with Crippen molar-refractivity contribution in [2.75, 3.05) is 0 Å². The Bertz CT molecular complexity index is 518. The monoisotopic (exact) mass is 245 g/mol. The van der Waals surface area contributed by atoms with Crippen LogP contribution in [0.5, 0.6) is 0 Å². The van der Waals surface area contributed by atoms with Gasteiger partial charge in [0.25, 0.3) is 0 Å². The fraction of sp³-hybridized carbons (Fsp3) is 0.385. The minimum Gasteiger partial charge on any atom is -0.511 e. The highest BCUT2D eigenvalue weighted by Crippen LogP contribution is 2.35. The second-order valence-electron chi connectivity index (χ2n) is 5.11. The first-order valence-electron chi connectivity index (χ1n) is 5.74. The molecule has 0 fully saturated rings. The summed E-state index contributed by atoms with van der Waals surface area (Å²) in [5.74, 6) is 0.273. The Morgan fingerprint density at radius 1 is 1.33 bits per heavy atom. The molecule has 0 bridgehead atoms. The number of aliphatic hydroxyl groups excluding tert-OH is 1. The van der Waals surface area contributed by atoms with Crippen LogP contribution in [0, 0.1) is 5.41 Å². The van der Waals surface area contributed by atoms with Gasteiger partial charge in [0.2, 0.25) is 5.95 Å². The molecule has 0 atom stereocenters. The summed E-state index contributed by atoms with van der Waals surface area (Å²) < 4.78 is 0. The molecule has 0 radical (unpaired) electrons. The molecular weight excluding hydrogens is 230 g/mol. The third-order valence-corrected chi connectivity index (χ3v) is 2.76. The molecule has 1 N–H and O–H groups in total. The number of aromatic nitrogens is 2. The van der Waals surface area contributed by atoms with Crippen LogP contribution in [0.3, 0.4) is 0 Å². The molecule has 0 saturated carbocycles. The van der Waals surface area contributed by atoms with E-state index in [1.807, 2.05) is 13.8 Å². The van der Waals surface area contributed by atoms with Crippen molar-refractivity contribution in [3.05, 3.63) is 29.8 Å². The van der Waals surface area contributed by atoms with Gasteiger partial charge in [0.15, 0.2) is 5.78 Å². The number of aliphatic hydroxyl groups is 1. The summed E-state index contributed by atoms with van der Waals surface area (Å²) in [5, 5.41) is 9.88. The van der Waals surface area contributed by atoms with Crippen LogP contribution >= 0.6 is 0 Å². The lowest BCUT2D eigenvalue weighted by molar-refractivity contribution is -0.117. The Morgan fingerprint density at radius 3 is 2.61 bits per heavy atom. The summed E-state index contributed by atoms with van der Waals surface area (Å²) in [5.41, 5.74) is 0.0728. The van der Waals surface area contributed by atoms with Crippen LogP contribution in [0.25, 0.3) is 0 Å². The van der Waals surface area contributed by atoms with Crippen molar-refractivity contribution in [1.29, 1.82) is 0 Å². The number of ketones is 1. The Kier molecular flexibility index (Phi) is 3.23. The number of allylic oxidation sites excluding steroid dienone is 2. The summed E-state index contributed by atoms with van der Waals surface area (Å²) in [6, 6.07) is 1.68. The Morgan fingerprint density at radius 2 is 2.00 bits per heavy atom. The molecule has 1 aliphatic carbocycles. The zero-order valence-electron chi connectivity index (χ0n) is 10.4. The van der Waals surface area contributed by atoms with Crippen LogP contribution in [0.15, 0.2) is 34.8 Å². The largest absolute Gasteiger partial charge is 0.511 e. The molecule has 0 saturated heterocycles. The Labute approximate surface area is 105 Å². The summed E-state index contributed by atoms with van der Waals surface area (Å²) in [7, 11) is 0. The average molecular weight is 245 g/mol. The van der Waals surface area contributed by atoms with Gasteiger partial charge in [0.05, 0.1) is 5.57 Å². The van der Waals surface area contributed by atoms with Gasteiger partial charge in [0, 0.05) is 31.4 Å². The summed E-state index contributed by atoms with van der Waals surface area (Å²) in [6.07, 6.45) is 5.38. The van der Waals surface area contributed by atoms with Gasteiger partial charge in [0.1, 0.15) is 5.76 Å². The number of carbonyl (C=O) groups is 1. The number of nitrogens with zero attached hydrogens (tertiary/aromatic N) is 3. The van der Waals surface area contributed by atoms with E-state index in [1.54, 1.807) is 18.5 Å². The first-order valence-corrected chi connectivity index (χ1v) is 5.74. The zero-order chi connectivity index (χ0) is 13.2. The predicted octanol–water partition coefficient (Wildman–Crippen LogP) is 2.38. The highest BCUT2D eigenvalue weighted by atomic mass is 16.3. The van der Waals surface area contributed by atoms with Crippen molar-refractivity contribution in [2.24, 2.45) is 10.4 Å². The van der Waals surface area contributed by atoms with Crippen molar-refractivity contribution in [3.8, 4) is 0 Å². The number of hydrogen-bond acceptors (Lipinski definition) is 5. The predicted molar refractivity (Wildman–Crippen MR) is 67.9 cm³/mol. The van der Waals surface area contributed by atoms with Crippen LogP contribution in [-0.4, -0.2) is 27.1 Å². The summed E-state index contributed by atoms with van der Waals surface area (Å²) in [6.45, 7) is 3.91. The van der Waals surface area contributed by atoms with Gasteiger partial charge in [-0.15, -0.1) is 0 Å². The summed E-state index contributed by atoms with van der Waals surface area (Å²) in [4.78, 5) is 23.7. The number of rotatable bonds is 2. The number of hydrogen-bond donors (Lipinski definition) is 1. The fourth-order valence-electron chi connectivity index (χ4n) is 1.93. The molecule has 1 aromatic rings. The average Bonchev–Trinajstić information content (AvgIpc) is 2.27. The molecule has 0 aliphatic heterocycles. The maximum absolute atomic E-state index is 11.9. The molecular formula is C13H15N3O2. The third kappa shape index (κ3) is 2.80. The van der Waals surface area contributed by atoms with E-state index in [0.717, 1.165) is 0 Å². The Balaban J connectivity index is 2.24. The van der Waals surface area contributed by atoms with E-state index < -0.39 is 0 Å². The lowest BCUT2D eigenvalue weighted by Crippen LogP contribution is -2.26. The van der Waals surface area contributed by atoms with Crippen LogP contribution in [0.4, 0.5) is 5.95 Å². The molecule has 0 aromatic carbocycles. The second kappa shape index (κ2) is 4.68. The van der Waals surface area contributed by atoms with Gasteiger partial charge in [-0.1, -0.05) is 13.8 Å². The molecule has 5 heteroatoms. The maximum Gasteiger partial charge on any atom is 0.249 e. The first kappa shape index (κ1) is 12.4. The second-order valence-corrected chi connectivity index (χ2v) is 5.11. The van der Waals surface area contributed by atoms with Gasteiger partial charge in [-0.25, -0.2) is 15.0 Å². The van der Waals surface area contributed by atoms with Crippen LogP contribution in [-0.2, 0) is 4.79 Å². The third-order valence-electron chi connectivity index (χ3n) is 2.76. The molecule has 1 heterocycles. The number of Topliss-reactive ketones (excluding diaryl/α,β-unsaturated/α-hetero) is 1. The fourth-order valence-corrected chi connectivity index (χ4v) is 1.93. The van der Waals surface area contributed by atoms with Crippen LogP contribution in [0.1, 0.15) is 26.7 Å². The van der Waals surface area contributed by atoms with Crippen molar-refractivity contribution in [3.63, 3.8) is 0 Å². The molecule has 0 amide bonds. The number of carbonyl (C=O) groups excluding carboxylic acids is 1. The van der Waals surface area contributed by atoms with Crippen molar-refractivity contribution in [1.82, 2.24) is 9.97 Å². The van der Waals surface area contributed by atoms with Gasteiger partial charge in [-0.05, 0) is 11.5 Å². The molecule has 2 rings (SSSR count). The molecule has 1 aliphatic rings. The molecule has 5 nitrogen and oxygen atoms in total. The van der Waals surface area contributed by atoms with E-state index >= 15 is 0 Å². The van der Waals surface area contributed by atoms with E-state index in [4.69, 9.17) is 0 Å². The van der Waals surface area contributed by atoms with E-state index in [1.165, 1.54) is 6.21 Å². The van der Waals surface area contributed by atoms with Crippen molar-refractivity contribution >= 4 is 17.9 Å². The maximum atomic E-state index is 11.9. The van der Waals surface area contributed by atoms with E-state index in [0.29, 0.717) is 12.8 Å². The molecule has 94 valence electrons. The van der Waals surface area contributed by atoms with E-state index in [9.17, 15) is 9.90 Å². The minimum atomic E-state index is -0.193. The lowest BCUT2D eigenvalue weighted by Gasteiger charge is -2.28. The van der Waals surface area contributed by atoms with Gasteiger partial charge in [-0.2, -0.15) is 0 Å². The Hall–Kier alpha value is -2.04. The zero-order valence-corrected chi connectivity index (χ0v) is 10.4. The van der Waals surface area contributed by atoms with Crippen LogP contribution in [0.2, 0.25) is 0 Å². The van der Waals surface area contributed by atoms with Gasteiger partial charge in [-0.3, -0.25) is 4.79 Å². The molecule has 0 unspecified atom stereocenters. The highest BCUT2D eigenvalue weighted by molar-refractivity contribution is 6.14. The first-order chi connectivity index (χ1) is 8.48. The molecule has 1 aromatic heterocycles. The van der Waals surface area contributed by atoms with E-state index in [-0.39, 0.29) is 28.5 Å². The quantitative estimate of drug-likeness (QED) is 0.811. The minimum absolute atomic E-state index is 0.0935. The van der Waals surface area contributed by atoms with Crippen molar-refractivity contribution < 1.29 is 9.90 Å².